The van der Waals surface area contributed by atoms with Crippen LogP contribution >= 0.6 is 0 Å². The number of aromatic nitrogens is 6. The van der Waals surface area contributed by atoms with E-state index in [1.807, 2.05) is 43.3 Å². The molecule has 2 aromatic carbocycles. The van der Waals surface area contributed by atoms with E-state index in [0.29, 0.717) is 42.3 Å². The molecule has 0 saturated carbocycles. The zero-order valence-corrected chi connectivity index (χ0v) is 18.1. The van der Waals surface area contributed by atoms with Gasteiger partial charge in [0.1, 0.15) is 37.2 Å². The second kappa shape index (κ2) is 8.28. The van der Waals surface area contributed by atoms with Crippen LogP contribution in [0.3, 0.4) is 0 Å². The first-order chi connectivity index (χ1) is 16.7. The highest BCUT2D eigenvalue weighted by molar-refractivity contribution is 5.97. The van der Waals surface area contributed by atoms with Gasteiger partial charge in [-0.15, -0.1) is 10.2 Å². The third kappa shape index (κ3) is 3.90. The lowest BCUT2D eigenvalue weighted by Gasteiger charge is -2.13. The fourth-order valence-electron chi connectivity index (χ4n) is 3.63. The lowest BCUT2D eigenvalue weighted by atomic mass is 10.1. The maximum absolute atomic E-state index is 5.96. The number of nitrogens with zero attached hydrogens (tertiary/aromatic N) is 7. The van der Waals surface area contributed by atoms with Crippen molar-refractivity contribution in [3.8, 4) is 11.6 Å². The number of ether oxygens (including phenoxy) is 2. The van der Waals surface area contributed by atoms with Crippen molar-refractivity contribution < 1.29 is 9.47 Å². The molecule has 0 amide bonds. The molecule has 0 saturated heterocycles. The van der Waals surface area contributed by atoms with Crippen molar-refractivity contribution in [2.75, 3.05) is 23.8 Å². The van der Waals surface area contributed by atoms with E-state index in [1.54, 1.807) is 29.4 Å². The number of amidine groups is 1. The first kappa shape index (κ1) is 19.9. The number of anilines is 3. The smallest absolute Gasteiger partial charge is 0.289 e. The Hall–Kier alpha value is -4.80. The van der Waals surface area contributed by atoms with Crippen molar-refractivity contribution in [3.63, 3.8) is 0 Å². The van der Waals surface area contributed by atoms with Gasteiger partial charge in [-0.1, -0.05) is 0 Å². The van der Waals surface area contributed by atoms with Crippen LogP contribution in [0, 0.1) is 6.92 Å². The fourth-order valence-corrected chi connectivity index (χ4v) is 3.63. The standard InChI is InChI=1S/C23H19N9O2/c1-14-8-15(3-5-19(14)34-21-10-20-31-28-13-32(20)12-27-21)29-22-17-9-16(30-23-24-6-7-33-23)2-4-18(17)25-11-26-22/h2-5,8-13H,6-7H2,1H3,(H,24,30)(H,25,26,29). The van der Waals surface area contributed by atoms with Gasteiger partial charge < -0.3 is 20.1 Å². The van der Waals surface area contributed by atoms with Crippen molar-refractivity contribution in [3.05, 3.63) is 67.0 Å². The summed E-state index contributed by atoms with van der Waals surface area (Å²) in [5.41, 5.74) is 4.14. The molecule has 1 aliphatic heterocycles. The van der Waals surface area contributed by atoms with Gasteiger partial charge in [0.25, 0.3) is 6.02 Å². The maximum atomic E-state index is 5.96. The van der Waals surface area contributed by atoms with E-state index in [1.165, 1.54) is 0 Å². The van der Waals surface area contributed by atoms with Gasteiger partial charge in [0.05, 0.1) is 12.1 Å². The third-order valence-corrected chi connectivity index (χ3v) is 5.29. The Bertz CT molecular complexity index is 1550. The second-order valence-corrected chi connectivity index (χ2v) is 7.65. The Balaban J connectivity index is 1.24. The number of hydrogen-bond acceptors (Lipinski definition) is 10. The summed E-state index contributed by atoms with van der Waals surface area (Å²) in [4.78, 5) is 17.4. The zero-order chi connectivity index (χ0) is 22.9. The van der Waals surface area contributed by atoms with Gasteiger partial charge in [0.15, 0.2) is 5.65 Å². The summed E-state index contributed by atoms with van der Waals surface area (Å²) in [6.07, 6.45) is 4.74. The van der Waals surface area contributed by atoms with Crippen LogP contribution in [0.4, 0.5) is 17.2 Å². The first-order valence-corrected chi connectivity index (χ1v) is 10.6. The molecule has 1 aliphatic rings. The Labute approximate surface area is 193 Å². The number of aliphatic imine (C=N–C) groups is 1. The summed E-state index contributed by atoms with van der Waals surface area (Å²) in [6.45, 7) is 3.23. The van der Waals surface area contributed by atoms with Gasteiger partial charge in [-0.3, -0.25) is 4.40 Å². The van der Waals surface area contributed by atoms with E-state index in [9.17, 15) is 0 Å². The molecule has 0 bridgehead atoms. The van der Waals surface area contributed by atoms with E-state index in [0.717, 1.165) is 27.8 Å². The van der Waals surface area contributed by atoms with Crippen LogP contribution in [0.25, 0.3) is 16.6 Å². The number of fused-ring (bicyclic) bond motifs is 2. The number of hydrogen-bond donors (Lipinski definition) is 2. The van der Waals surface area contributed by atoms with E-state index in [4.69, 9.17) is 9.47 Å². The van der Waals surface area contributed by atoms with Crippen LogP contribution in [-0.2, 0) is 4.74 Å². The number of aryl methyl sites for hydroxylation is 1. The predicted molar refractivity (Wildman–Crippen MR) is 127 cm³/mol. The van der Waals surface area contributed by atoms with Gasteiger partial charge in [0, 0.05) is 22.8 Å². The fraction of sp³-hybridized carbons (Fsp3) is 0.130. The minimum atomic E-state index is 0.446. The average molecular weight is 453 g/mol. The molecule has 5 aromatic rings. The van der Waals surface area contributed by atoms with E-state index in [2.05, 4.69) is 40.8 Å². The lowest BCUT2D eigenvalue weighted by molar-refractivity contribution is 0.346. The van der Waals surface area contributed by atoms with Crippen molar-refractivity contribution in [2.24, 2.45) is 4.99 Å². The molecule has 168 valence electrons. The van der Waals surface area contributed by atoms with Crippen LogP contribution in [0.15, 0.2) is 66.4 Å². The van der Waals surface area contributed by atoms with Crippen molar-refractivity contribution >= 4 is 39.8 Å². The first-order valence-electron chi connectivity index (χ1n) is 10.6. The number of rotatable bonds is 5. The lowest BCUT2D eigenvalue weighted by Crippen LogP contribution is -2.11. The molecule has 0 spiro atoms. The maximum Gasteiger partial charge on any atom is 0.289 e. The zero-order valence-electron chi connectivity index (χ0n) is 18.1. The highest BCUT2D eigenvalue weighted by atomic mass is 16.5. The highest BCUT2D eigenvalue weighted by Crippen LogP contribution is 2.30. The monoisotopic (exact) mass is 453 g/mol. The SMILES string of the molecule is Cc1cc(Nc2ncnc3ccc(NC4=NCCO4)cc23)ccc1Oc1cc2nncn2cn1. The molecular weight excluding hydrogens is 434 g/mol. The van der Waals surface area contributed by atoms with Crippen LogP contribution in [0.2, 0.25) is 0 Å². The molecule has 2 N–H and O–H groups in total. The molecule has 0 radical (unpaired) electrons. The van der Waals surface area contributed by atoms with E-state index >= 15 is 0 Å². The van der Waals surface area contributed by atoms with Crippen molar-refractivity contribution in [2.45, 2.75) is 6.92 Å². The Kier molecular flexibility index (Phi) is 4.83. The quantitative estimate of drug-likeness (QED) is 0.410. The molecule has 4 heterocycles. The molecule has 0 atom stereocenters. The number of benzene rings is 2. The third-order valence-electron chi connectivity index (χ3n) is 5.29. The highest BCUT2D eigenvalue weighted by Gasteiger charge is 2.11. The van der Waals surface area contributed by atoms with Gasteiger partial charge in [-0.2, -0.15) is 0 Å². The molecule has 34 heavy (non-hydrogen) atoms. The largest absolute Gasteiger partial charge is 0.463 e. The Morgan fingerprint density at radius 1 is 0.971 bits per heavy atom. The van der Waals surface area contributed by atoms with Crippen LogP contribution in [0.1, 0.15) is 5.56 Å². The molecule has 0 fully saturated rings. The summed E-state index contributed by atoms with van der Waals surface area (Å²) in [7, 11) is 0. The van der Waals surface area contributed by atoms with E-state index < -0.39 is 0 Å². The Morgan fingerprint density at radius 2 is 1.88 bits per heavy atom. The molecule has 6 rings (SSSR count). The minimum absolute atomic E-state index is 0.446. The molecule has 0 unspecified atom stereocenters. The van der Waals surface area contributed by atoms with Gasteiger partial charge in [-0.05, 0) is 48.9 Å². The van der Waals surface area contributed by atoms with E-state index in [-0.39, 0.29) is 0 Å². The molecule has 0 aliphatic carbocycles. The van der Waals surface area contributed by atoms with Crippen molar-refractivity contribution in [1.29, 1.82) is 0 Å². The van der Waals surface area contributed by atoms with Crippen LogP contribution in [-0.4, -0.2) is 48.7 Å². The van der Waals surface area contributed by atoms with Crippen molar-refractivity contribution in [1.82, 2.24) is 29.5 Å². The Morgan fingerprint density at radius 3 is 2.76 bits per heavy atom. The summed E-state index contributed by atoms with van der Waals surface area (Å²) in [5, 5.41) is 15.3. The van der Waals surface area contributed by atoms with Crippen LogP contribution in [0.5, 0.6) is 11.6 Å². The summed E-state index contributed by atoms with van der Waals surface area (Å²) < 4.78 is 13.1. The number of nitrogens with one attached hydrogen (secondary N) is 2. The molecule has 11 heteroatoms. The van der Waals surface area contributed by atoms with Crippen LogP contribution < -0.4 is 15.4 Å². The predicted octanol–water partition coefficient (Wildman–Crippen LogP) is 3.71. The second-order valence-electron chi connectivity index (χ2n) is 7.65. The summed E-state index contributed by atoms with van der Waals surface area (Å²) >= 11 is 0. The molecular formula is C23H19N9O2. The van der Waals surface area contributed by atoms with Gasteiger partial charge in [-0.25, -0.2) is 19.9 Å². The topological polar surface area (TPSA) is 124 Å². The minimum Gasteiger partial charge on any atom is -0.463 e. The molecule has 11 nitrogen and oxygen atoms in total. The van der Waals surface area contributed by atoms with Gasteiger partial charge >= 0.3 is 0 Å². The summed E-state index contributed by atoms with van der Waals surface area (Å²) in [6, 6.07) is 13.9. The summed E-state index contributed by atoms with van der Waals surface area (Å²) in [5.74, 6) is 1.83. The average Bonchev–Trinajstić information content (AvgIpc) is 3.53. The molecule has 3 aromatic heterocycles. The van der Waals surface area contributed by atoms with Gasteiger partial charge in [0.2, 0.25) is 5.88 Å². The normalized spacial score (nSPS) is 13.0.